The average molecular weight is 458 g/mol. The van der Waals surface area contributed by atoms with E-state index in [0.717, 1.165) is 44.0 Å². The summed E-state index contributed by atoms with van der Waals surface area (Å²) >= 11 is 0. The molecule has 1 N–H and O–H groups in total. The van der Waals surface area contributed by atoms with Gasteiger partial charge in [-0.1, -0.05) is 63.6 Å². The van der Waals surface area contributed by atoms with Gasteiger partial charge >= 0.3 is 0 Å². The van der Waals surface area contributed by atoms with Crippen molar-refractivity contribution < 1.29 is 0 Å². The Kier molecular flexibility index (Phi) is 7.84. The second kappa shape index (κ2) is 11.0. The van der Waals surface area contributed by atoms with Crippen LogP contribution in [0, 0.1) is 5.41 Å². The fraction of sp³-hybridized carbons (Fsp3) is 0.448. The fourth-order valence-electron chi connectivity index (χ4n) is 4.60. The molecule has 5 nitrogen and oxygen atoms in total. The number of rotatable bonds is 11. The van der Waals surface area contributed by atoms with Crippen LogP contribution in [-0.2, 0) is 13.1 Å². The third-order valence-electron chi connectivity index (χ3n) is 6.48. The number of hydrogen-bond acceptors (Lipinski definition) is 3. The second-order valence-electron chi connectivity index (χ2n) is 10.5. The van der Waals surface area contributed by atoms with E-state index < -0.39 is 0 Å². The average Bonchev–Trinajstić information content (AvgIpc) is 3.44. The largest absolute Gasteiger partial charge is 0.328 e. The smallest absolute Gasteiger partial charge is 0.158 e. The lowest BCUT2D eigenvalue weighted by Crippen LogP contribution is -2.10. The maximum absolute atomic E-state index is 4.94. The summed E-state index contributed by atoms with van der Waals surface area (Å²) in [5, 5.41) is 5.76. The summed E-state index contributed by atoms with van der Waals surface area (Å²) in [6.07, 6.45) is 11.8. The summed E-state index contributed by atoms with van der Waals surface area (Å²) < 4.78 is 4.68. The number of aromatic nitrogens is 4. The van der Waals surface area contributed by atoms with Crippen LogP contribution in [0.25, 0.3) is 33.5 Å². The molecule has 0 aliphatic carbocycles. The Labute approximate surface area is 204 Å². The lowest BCUT2D eigenvalue weighted by atomic mass is 9.90. The molecule has 0 amide bonds. The van der Waals surface area contributed by atoms with Crippen molar-refractivity contribution in [1.82, 2.24) is 24.4 Å². The highest BCUT2D eigenvalue weighted by Crippen LogP contribution is 2.31. The Bertz CT molecular complexity index is 1190. The number of hydrogen-bond donors (Lipinski definition) is 1. The molecular weight excluding hydrogens is 418 g/mol. The number of aryl methyl sites for hydroxylation is 1. The summed E-state index contributed by atoms with van der Waals surface area (Å²) in [5.41, 5.74) is 3.82. The van der Waals surface area contributed by atoms with Crippen LogP contribution in [-0.4, -0.2) is 32.7 Å². The molecule has 0 saturated heterocycles. The minimum absolute atomic E-state index is 0.318. The molecule has 0 fully saturated rings. The van der Waals surface area contributed by atoms with Crippen LogP contribution in [0.1, 0.15) is 52.9 Å². The number of nitrogens with one attached hydrogen (secondary N) is 1. The molecule has 0 aliphatic heterocycles. The maximum Gasteiger partial charge on any atom is 0.158 e. The summed E-state index contributed by atoms with van der Waals surface area (Å²) in [6, 6.07) is 15.3. The van der Waals surface area contributed by atoms with E-state index in [-0.39, 0.29) is 0 Å². The van der Waals surface area contributed by atoms with Gasteiger partial charge in [0.25, 0.3) is 0 Å². The lowest BCUT2D eigenvalue weighted by molar-refractivity contribution is 0.354. The van der Waals surface area contributed by atoms with Crippen LogP contribution in [0.4, 0.5) is 0 Å². The Morgan fingerprint density at radius 1 is 0.853 bits per heavy atom. The van der Waals surface area contributed by atoms with Crippen LogP contribution in [0.15, 0.2) is 61.2 Å². The van der Waals surface area contributed by atoms with Crippen molar-refractivity contribution in [3.8, 4) is 22.8 Å². The summed E-state index contributed by atoms with van der Waals surface area (Å²) in [6.45, 7) is 9.94. The van der Waals surface area contributed by atoms with Gasteiger partial charge in [0.1, 0.15) is 5.69 Å². The normalized spacial score (nSPS) is 12.0. The summed E-state index contributed by atoms with van der Waals surface area (Å²) in [7, 11) is 2.01. The van der Waals surface area contributed by atoms with E-state index in [9.17, 15) is 0 Å². The molecule has 0 unspecified atom stereocenters. The zero-order valence-electron chi connectivity index (χ0n) is 21.2. The first kappa shape index (κ1) is 24.2. The topological polar surface area (TPSA) is 47.7 Å². The van der Waals surface area contributed by atoms with E-state index in [1.807, 2.05) is 25.8 Å². The van der Waals surface area contributed by atoms with E-state index in [4.69, 9.17) is 4.98 Å². The van der Waals surface area contributed by atoms with E-state index in [1.54, 1.807) is 0 Å². The SMILES string of the molecule is CNCCCCCn1cncc1-c1ncc(-c2ccc3ccccc3c2)n1CCCC(C)(C)C. The van der Waals surface area contributed by atoms with Crippen molar-refractivity contribution in [2.45, 2.75) is 66.0 Å². The molecule has 5 heteroatoms. The Balaban J connectivity index is 1.65. The van der Waals surface area contributed by atoms with Gasteiger partial charge in [-0.2, -0.15) is 0 Å². The number of benzene rings is 2. The van der Waals surface area contributed by atoms with Crippen LogP contribution in [0.3, 0.4) is 0 Å². The number of imidazole rings is 2. The number of unbranched alkanes of at least 4 members (excludes halogenated alkanes) is 2. The molecule has 34 heavy (non-hydrogen) atoms. The van der Waals surface area contributed by atoms with Gasteiger partial charge in [0.15, 0.2) is 5.82 Å². The van der Waals surface area contributed by atoms with Crippen molar-refractivity contribution in [1.29, 1.82) is 0 Å². The van der Waals surface area contributed by atoms with Crippen LogP contribution < -0.4 is 5.32 Å². The van der Waals surface area contributed by atoms with Crippen LogP contribution in [0.2, 0.25) is 0 Å². The van der Waals surface area contributed by atoms with E-state index in [2.05, 4.69) is 82.7 Å². The van der Waals surface area contributed by atoms with Crippen molar-refractivity contribution >= 4 is 10.8 Å². The highest BCUT2D eigenvalue weighted by molar-refractivity contribution is 5.87. The predicted octanol–water partition coefficient (Wildman–Crippen LogP) is 6.78. The maximum atomic E-state index is 4.94. The van der Waals surface area contributed by atoms with Gasteiger partial charge in [0.05, 0.1) is 24.4 Å². The monoisotopic (exact) mass is 457 g/mol. The minimum Gasteiger partial charge on any atom is -0.328 e. The van der Waals surface area contributed by atoms with Crippen molar-refractivity contribution in [3.05, 3.63) is 61.2 Å². The number of nitrogens with zero attached hydrogens (tertiary/aromatic N) is 4. The molecule has 4 rings (SSSR count). The van der Waals surface area contributed by atoms with Gasteiger partial charge in [-0.05, 0) is 61.5 Å². The third kappa shape index (κ3) is 5.95. The molecule has 180 valence electrons. The van der Waals surface area contributed by atoms with Crippen molar-refractivity contribution in [3.63, 3.8) is 0 Å². The molecule has 2 aromatic carbocycles. The minimum atomic E-state index is 0.318. The molecule has 0 aliphatic rings. The molecule has 0 atom stereocenters. The van der Waals surface area contributed by atoms with Gasteiger partial charge in [-0.3, -0.25) is 0 Å². The van der Waals surface area contributed by atoms with Gasteiger partial charge in [-0.15, -0.1) is 0 Å². The molecule has 2 heterocycles. The highest BCUT2D eigenvalue weighted by Gasteiger charge is 2.18. The summed E-state index contributed by atoms with van der Waals surface area (Å²) in [5.74, 6) is 1.02. The van der Waals surface area contributed by atoms with E-state index in [1.165, 1.54) is 41.3 Å². The van der Waals surface area contributed by atoms with Gasteiger partial charge < -0.3 is 14.5 Å². The second-order valence-corrected chi connectivity index (χ2v) is 10.5. The predicted molar refractivity (Wildman–Crippen MR) is 143 cm³/mol. The first-order chi connectivity index (χ1) is 16.5. The Hall–Kier alpha value is -2.92. The Morgan fingerprint density at radius 3 is 2.47 bits per heavy atom. The molecule has 0 saturated carbocycles. The van der Waals surface area contributed by atoms with Crippen molar-refractivity contribution in [2.24, 2.45) is 5.41 Å². The third-order valence-corrected chi connectivity index (χ3v) is 6.48. The van der Waals surface area contributed by atoms with Crippen molar-refractivity contribution in [2.75, 3.05) is 13.6 Å². The van der Waals surface area contributed by atoms with Crippen LogP contribution >= 0.6 is 0 Å². The van der Waals surface area contributed by atoms with Gasteiger partial charge in [-0.25, -0.2) is 9.97 Å². The van der Waals surface area contributed by atoms with Crippen LogP contribution in [0.5, 0.6) is 0 Å². The Morgan fingerprint density at radius 2 is 1.68 bits per heavy atom. The van der Waals surface area contributed by atoms with E-state index >= 15 is 0 Å². The highest BCUT2D eigenvalue weighted by atomic mass is 15.1. The van der Waals surface area contributed by atoms with E-state index in [0.29, 0.717) is 5.41 Å². The molecule has 2 aromatic heterocycles. The zero-order valence-corrected chi connectivity index (χ0v) is 21.2. The molecule has 0 spiro atoms. The zero-order chi connectivity index (χ0) is 24.0. The quantitative estimate of drug-likeness (QED) is 0.252. The fourth-order valence-corrected chi connectivity index (χ4v) is 4.60. The standard InChI is InChI=1S/C29H39N5/c1-29(2,3)15-10-18-34-26(25-14-13-23-11-6-7-12-24(23)19-25)21-32-28(34)27-20-31-22-33(27)17-9-5-8-16-30-4/h6-7,11-14,19-22,30H,5,8-10,15-18H2,1-4H3. The first-order valence-electron chi connectivity index (χ1n) is 12.7. The number of fused-ring (bicyclic) bond motifs is 1. The molecular formula is C29H39N5. The summed E-state index contributed by atoms with van der Waals surface area (Å²) in [4.78, 5) is 9.44. The van der Waals surface area contributed by atoms with Gasteiger partial charge in [0.2, 0.25) is 0 Å². The molecule has 0 radical (unpaired) electrons. The van der Waals surface area contributed by atoms with Gasteiger partial charge in [0, 0.05) is 18.7 Å². The molecule has 0 bridgehead atoms. The molecule has 4 aromatic rings. The lowest BCUT2D eigenvalue weighted by Gasteiger charge is -2.19. The first-order valence-corrected chi connectivity index (χ1v) is 12.7.